The summed E-state index contributed by atoms with van der Waals surface area (Å²) in [6.07, 6.45) is 4.94. The van der Waals surface area contributed by atoms with Gasteiger partial charge in [-0.1, -0.05) is 13.0 Å². The Labute approximate surface area is 151 Å². The van der Waals surface area contributed by atoms with E-state index in [-0.39, 0.29) is 29.9 Å². The SMILES string of the molecule is C=CCNC(=NCC1CCS(=O)(=O)C1)N1CCC(C)CC1.I. The van der Waals surface area contributed by atoms with Crippen LogP contribution < -0.4 is 5.32 Å². The Kier molecular flexibility index (Phi) is 8.16. The Balaban J connectivity index is 0.00000242. The van der Waals surface area contributed by atoms with Crippen LogP contribution in [0.15, 0.2) is 17.6 Å². The molecule has 0 bridgehead atoms. The van der Waals surface area contributed by atoms with Crippen molar-refractivity contribution in [3.8, 4) is 0 Å². The van der Waals surface area contributed by atoms with Gasteiger partial charge in [0, 0.05) is 26.2 Å². The van der Waals surface area contributed by atoms with Gasteiger partial charge in [0.25, 0.3) is 0 Å². The number of rotatable bonds is 4. The monoisotopic (exact) mass is 441 g/mol. The van der Waals surface area contributed by atoms with E-state index in [1.807, 2.05) is 6.08 Å². The van der Waals surface area contributed by atoms with E-state index in [0.29, 0.717) is 24.6 Å². The third-order valence-corrected chi connectivity index (χ3v) is 6.15. The average Bonchev–Trinajstić information content (AvgIpc) is 2.80. The molecule has 7 heteroatoms. The highest BCUT2D eigenvalue weighted by Crippen LogP contribution is 2.19. The number of nitrogens with one attached hydrogen (secondary N) is 1. The summed E-state index contributed by atoms with van der Waals surface area (Å²) in [7, 11) is -2.81. The summed E-state index contributed by atoms with van der Waals surface area (Å²) in [6.45, 7) is 9.35. The number of nitrogens with zero attached hydrogens (tertiary/aromatic N) is 2. The van der Waals surface area contributed by atoms with E-state index in [1.54, 1.807) is 0 Å². The van der Waals surface area contributed by atoms with Gasteiger partial charge in [-0.25, -0.2) is 8.42 Å². The van der Waals surface area contributed by atoms with Crippen molar-refractivity contribution in [3.05, 3.63) is 12.7 Å². The molecule has 2 fully saturated rings. The Morgan fingerprint density at radius 2 is 2.05 bits per heavy atom. The molecule has 0 aromatic rings. The highest BCUT2D eigenvalue weighted by atomic mass is 127. The van der Waals surface area contributed by atoms with Crippen LogP contribution in [0.4, 0.5) is 0 Å². The van der Waals surface area contributed by atoms with Gasteiger partial charge in [-0.3, -0.25) is 4.99 Å². The second-order valence-electron chi connectivity index (χ2n) is 6.27. The standard InChI is InChI=1S/C15H27N3O2S.HI/c1-3-7-16-15(18-8-4-13(2)5-9-18)17-11-14-6-10-21(19,20)12-14;/h3,13-14H,1,4-12H2,2H3,(H,16,17);1H. The van der Waals surface area contributed by atoms with Gasteiger partial charge in [0.15, 0.2) is 15.8 Å². The van der Waals surface area contributed by atoms with E-state index < -0.39 is 9.84 Å². The van der Waals surface area contributed by atoms with Crippen molar-refractivity contribution in [2.24, 2.45) is 16.8 Å². The molecule has 1 unspecified atom stereocenters. The molecule has 0 aromatic heterocycles. The number of hydrogen-bond donors (Lipinski definition) is 1. The van der Waals surface area contributed by atoms with Crippen LogP contribution >= 0.6 is 24.0 Å². The zero-order valence-electron chi connectivity index (χ0n) is 13.3. The number of guanidine groups is 1. The van der Waals surface area contributed by atoms with Crippen molar-refractivity contribution in [1.82, 2.24) is 10.2 Å². The first-order valence-electron chi connectivity index (χ1n) is 7.85. The fourth-order valence-electron chi connectivity index (χ4n) is 2.88. The summed E-state index contributed by atoms with van der Waals surface area (Å²) < 4.78 is 23.0. The van der Waals surface area contributed by atoms with Crippen LogP contribution in [0.1, 0.15) is 26.2 Å². The summed E-state index contributed by atoms with van der Waals surface area (Å²) in [5, 5.41) is 3.31. The molecule has 128 valence electrons. The largest absolute Gasteiger partial charge is 0.353 e. The number of piperidine rings is 1. The third kappa shape index (κ3) is 6.06. The molecule has 5 nitrogen and oxygen atoms in total. The molecular formula is C15H28IN3O2S. The van der Waals surface area contributed by atoms with Crippen LogP contribution in [0.2, 0.25) is 0 Å². The maximum Gasteiger partial charge on any atom is 0.194 e. The van der Waals surface area contributed by atoms with Gasteiger partial charge < -0.3 is 10.2 Å². The zero-order valence-corrected chi connectivity index (χ0v) is 16.5. The second-order valence-corrected chi connectivity index (χ2v) is 8.50. The molecule has 0 radical (unpaired) electrons. The molecule has 2 aliphatic heterocycles. The van der Waals surface area contributed by atoms with Gasteiger partial charge in [-0.15, -0.1) is 30.6 Å². The summed E-state index contributed by atoms with van der Waals surface area (Å²) in [4.78, 5) is 6.96. The molecule has 2 rings (SSSR count). The minimum Gasteiger partial charge on any atom is -0.353 e. The zero-order chi connectivity index (χ0) is 15.3. The lowest BCUT2D eigenvalue weighted by Gasteiger charge is -2.33. The van der Waals surface area contributed by atoms with Crippen LogP contribution in [-0.2, 0) is 9.84 Å². The maximum atomic E-state index is 11.5. The average molecular weight is 441 g/mol. The third-order valence-electron chi connectivity index (χ3n) is 4.31. The van der Waals surface area contributed by atoms with E-state index in [4.69, 9.17) is 0 Å². The van der Waals surface area contributed by atoms with Gasteiger partial charge in [-0.2, -0.15) is 0 Å². The molecule has 22 heavy (non-hydrogen) atoms. The Hall–Kier alpha value is -0.310. The van der Waals surface area contributed by atoms with Crippen molar-refractivity contribution in [3.63, 3.8) is 0 Å². The van der Waals surface area contributed by atoms with Gasteiger partial charge in [0.2, 0.25) is 0 Å². The number of aliphatic imine (C=N–C) groups is 1. The number of likely N-dealkylation sites (tertiary alicyclic amines) is 1. The molecule has 0 saturated carbocycles. The van der Waals surface area contributed by atoms with Gasteiger partial charge >= 0.3 is 0 Å². The summed E-state index contributed by atoms with van der Waals surface area (Å²) in [5.74, 6) is 2.48. The molecule has 2 saturated heterocycles. The summed E-state index contributed by atoms with van der Waals surface area (Å²) in [5.41, 5.74) is 0. The summed E-state index contributed by atoms with van der Waals surface area (Å²) in [6, 6.07) is 0. The number of halogens is 1. The normalized spacial score (nSPS) is 25.6. The van der Waals surface area contributed by atoms with Gasteiger partial charge in [0.1, 0.15) is 0 Å². The van der Waals surface area contributed by atoms with Crippen molar-refractivity contribution in [2.75, 3.05) is 37.7 Å². The van der Waals surface area contributed by atoms with E-state index in [1.165, 1.54) is 12.8 Å². The first-order valence-corrected chi connectivity index (χ1v) is 9.67. The maximum absolute atomic E-state index is 11.5. The Morgan fingerprint density at radius 1 is 1.36 bits per heavy atom. The topological polar surface area (TPSA) is 61.8 Å². The van der Waals surface area contributed by atoms with Gasteiger partial charge in [0.05, 0.1) is 11.5 Å². The molecule has 0 aromatic carbocycles. The van der Waals surface area contributed by atoms with Crippen molar-refractivity contribution >= 4 is 39.8 Å². The minimum atomic E-state index is -2.81. The lowest BCUT2D eigenvalue weighted by Crippen LogP contribution is -2.45. The molecule has 1 N–H and O–H groups in total. The second kappa shape index (κ2) is 9.10. The van der Waals surface area contributed by atoms with Crippen molar-refractivity contribution in [2.45, 2.75) is 26.2 Å². The van der Waals surface area contributed by atoms with Crippen LogP contribution in [-0.4, -0.2) is 57.0 Å². The number of hydrogen-bond acceptors (Lipinski definition) is 3. The lowest BCUT2D eigenvalue weighted by molar-refractivity contribution is 0.273. The fourth-order valence-corrected chi connectivity index (χ4v) is 4.73. The Morgan fingerprint density at radius 3 is 2.59 bits per heavy atom. The Bertz CT molecular complexity index is 485. The van der Waals surface area contributed by atoms with E-state index >= 15 is 0 Å². The molecule has 0 spiro atoms. The molecular weight excluding hydrogens is 413 g/mol. The van der Waals surface area contributed by atoms with E-state index in [9.17, 15) is 8.42 Å². The minimum absolute atomic E-state index is 0. The molecule has 2 heterocycles. The number of sulfone groups is 1. The van der Waals surface area contributed by atoms with Crippen LogP contribution in [0.25, 0.3) is 0 Å². The van der Waals surface area contributed by atoms with Crippen LogP contribution in [0.5, 0.6) is 0 Å². The molecule has 2 aliphatic rings. The van der Waals surface area contributed by atoms with Crippen molar-refractivity contribution < 1.29 is 8.42 Å². The highest BCUT2D eigenvalue weighted by Gasteiger charge is 2.28. The highest BCUT2D eigenvalue weighted by molar-refractivity contribution is 14.0. The first-order chi connectivity index (χ1) is 10.00. The van der Waals surface area contributed by atoms with Gasteiger partial charge in [-0.05, 0) is 31.1 Å². The van der Waals surface area contributed by atoms with E-state index in [0.717, 1.165) is 31.4 Å². The predicted octanol–water partition coefficient (Wildman–Crippen LogP) is 1.90. The van der Waals surface area contributed by atoms with E-state index in [2.05, 4.69) is 28.7 Å². The first kappa shape index (κ1) is 19.7. The lowest BCUT2D eigenvalue weighted by atomic mass is 9.99. The predicted molar refractivity (Wildman–Crippen MR) is 103 cm³/mol. The van der Waals surface area contributed by atoms with Crippen LogP contribution in [0, 0.1) is 11.8 Å². The molecule has 0 aliphatic carbocycles. The smallest absolute Gasteiger partial charge is 0.194 e. The van der Waals surface area contributed by atoms with Crippen LogP contribution in [0.3, 0.4) is 0 Å². The molecule has 0 amide bonds. The van der Waals surface area contributed by atoms with Crippen molar-refractivity contribution in [1.29, 1.82) is 0 Å². The quantitative estimate of drug-likeness (QED) is 0.313. The molecule has 1 atom stereocenters. The summed E-state index contributed by atoms with van der Waals surface area (Å²) >= 11 is 0. The fraction of sp³-hybridized carbons (Fsp3) is 0.800.